The molecule has 1 heterocycles. The Morgan fingerprint density at radius 1 is 1.18 bits per heavy atom. The summed E-state index contributed by atoms with van der Waals surface area (Å²) in [6.45, 7) is 2.11. The minimum absolute atomic E-state index is 0.199. The van der Waals surface area contributed by atoms with Crippen molar-refractivity contribution in [3.05, 3.63) is 75.9 Å². The summed E-state index contributed by atoms with van der Waals surface area (Å²) in [5.41, 5.74) is 3.42. The Balaban J connectivity index is 1.90. The molecule has 1 aliphatic heterocycles. The van der Waals surface area contributed by atoms with Gasteiger partial charge in [0.15, 0.2) is 0 Å². The highest BCUT2D eigenvalue weighted by Crippen LogP contribution is 2.17. The highest BCUT2D eigenvalue weighted by atomic mass is 35.5. The van der Waals surface area contributed by atoms with Crippen molar-refractivity contribution in [2.24, 2.45) is 4.99 Å². The first kappa shape index (κ1) is 14.5. The number of nitrogens with one attached hydrogen (secondary N) is 1. The summed E-state index contributed by atoms with van der Waals surface area (Å²) in [4.78, 5) is 16.4. The molecule has 4 heteroatoms. The van der Waals surface area contributed by atoms with Crippen molar-refractivity contribution in [3.8, 4) is 0 Å². The molecular weight excluding hydrogens is 296 g/mol. The average molecular weight is 311 g/mol. The van der Waals surface area contributed by atoms with E-state index in [-0.39, 0.29) is 5.91 Å². The highest BCUT2D eigenvalue weighted by Gasteiger charge is 2.21. The van der Waals surface area contributed by atoms with Crippen molar-refractivity contribution in [1.82, 2.24) is 5.32 Å². The first-order valence-corrected chi connectivity index (χ1v) is 7.50. The van der Waals surface area contributed by atoms with Crippen molar-refractivity contribution in [1.29, 1.82) is 0 Å². The number of carbonyl (C=O) groups excluding carboxylic acids is 1. The number of halogens is 1. The summed E-state index contributed by atoms with van der Waals surface area (Å²) < 4.78 is 0. The summed E-state index contributed by atoms with van der Waals surface area (Å²) in [6.07, 6.45) is 2.78. The third-order valence-electron chi connectivity index (χ3n) is 3.49. The van der Waals surface area contributed by atoms with Crippen LogP contribution < -0.4 is 5.32 Å². The lowest BCUT2D eigenvalue weighted by molar-refractivity contribution is -0.115. The second kappa shape index (κ2) is 6.16. The molecule has 0 radical (unpaired) electrons. The van der Waals surface area contributed by atoms with E-state index in [2.05, 4.69) is 29.4 Å². The fourth-order valence-electron chi connectivity index (χ4n) is 2.25. The Morgan fingerprint density at radius 2 is 1.95 bits per heavy atom. The molecule has 0 spiro atoms. The minimum atomic E-state index is -0.199. The van der Waals surface area contributed by atoms with Crippen molar-refractivity contribution < 1.29 is 4.79 Å². The van der Waals surface area contributed by atoms with Crippen LogP contribution in [0.1, 0.15) is 23.6 Å². The van der Waals surface area contributed by atoms with Gasteiger partial charge in [-0.1, -0.05) is 54.9 Å². The maximum absolute atomic E-state index is 12.0. The van der Waals surface area contributed by atoms with Gasteiger partial charge in [0, 0.05) is 10.6 Å². The zero-order valence-electron chi connectivity index (χ0n) is 12.1. The number of hydrogen-bond acceptors (Lipinski definition) is 2. The number of nitrogens with zero attached hydrogens (tertiary/aromatic N) is 1. The molecule has 0 aromatic heterocycles. The SMILES string of the molecule is CCc1ccc(/C=C2/N=C(c3cccc(Cl)c3)NC2=O)cc1. The normalized spacial score (nSPS) is 15.8. The Kier molecular flexibility index (Phi) is 4.07. The summed E-state index contributed by atoms with van der Waals surface area (Å²) in [5, 5.41) is 3.39. The number of amides is 1. The first-order chi connectivity index (χ1) is 10.7. The average Bonchev–Trinajstić information content (AvgIpc) is 2.89. The van der Waals surface area contributed by atoms with E-state index < -0.39 is 0 Å². The summed E-state index contributed by atoms with van der Waals surface area (Å²) in [5.74, 6) is 0.332. The smallest absolute Gasteiger partial charge is 0.275 e. The van der Waals surface area contributed by atoms with E-state index in [1.165, 1.54) is 5.56 Å². The Labute approximate surface area is 134 Å². The molecule has 0 saturated heterocycles. The van der Waals surface area contributed by atoms with Crippen LogP contribution in [0.2, 0.25) is 5.02 Å². The van der Waals surface area contributed by atoms with Crippen molar-refractivity contribution >= 4 is 29.4 Å². The van der Waals surface area contributed by atoms with Gasteiger partial charge in [0.25, 0.3) is 5.91 Å². The number of hydrogen-bond donors (Lipinski definition) is 1. The molecule has 0 bridgehead atoms. The zero-order chi connectivity index (χ0) is 15.5. The monoisotopic (exact) mass is 310 g/mol. The van der Waals surface area contributed by atoms with Crippen molar-refractivity contribution in [2.75, 3.05) is 0 Å². The molecule has 110 valence electrons. The number of aryl methyl sites for hydroxylation is 1. The van der Waals surface area contributed by atoms with Gasteiger partial charge in [-0.05, 0) is 35.8 Å². The lowest BCUT2D eigenvalue weighted by Crippen LogP contribution is -2.24. The van der Waals surface area contributed by atoms with Crippen LogP contribution in [0.3, 0.4) is 0 Å². The van der Waals surface area contributed by atoms with Gasteiger partial charge < -0.3 is 5.32 Å². The molecule has 3 nitrogen and oxygen atoms in total. The third-order valence-corrected chi connectivity index (χ3v) is 3.72. The molecule has 1 N–H and O–H groups in total. The van der Waals surface area contributed by atoms with E-state index in [9.17, 15) is 4.79 Å². The van der Waals surface area contributed by atoms with Gasteiger partial charge in [0.2, 0.25) is 0 Å². The van der Waals surface area contributed by atoms with Crippen LogP contribution in [-0.2, 0) is 11.2 Å². The topological polar surface area (TPSA) is 41.5 Å². The van der Waals surface area contributed by atoms with Crippen molar-refractivity contribution in [2.45, 2.75) is 13.3 Å². The number of benzene rings is 2. The molecule has 0 unspecified atom stereocenters. The quantitative estimate of drug-likeness (QED) is 0.860. The van der Waals surface area contributed by atoms with Crippen LogP contribution in [0.5, 0.6) is 0 Å². The largest absolute Gasteiger partial charge is 0.305 e. The summed E-state index contributed by atoms with van der Waals surface area (Å²) in [7, 11) is 0. The molecule has 3 rings (SSSR count). The lowest BCUT2D eigenvalue weighted by atomic mass is 10.1. The molecule has 0 saturated carbocycles. The second-order valence-corrected chi connectivity index (χ2v) is 5.49. The van der Waals surface area contributed by atoms with E-state index in [4.69, 9.17) is 11.6 Å². The molecule has 1 aliphatic rings. The maximum atomic E-state index is 12.0. The van der Waals surface area contributed by atoms with E-state index >= 15 is 0 Å². The van der Waals surface area contributed by atoms with Crippen molar-refractivity contribution in [3.63, 3.8) is 0 Å². The van der Waals surface area contributed by atoms with Gasteiger partial charge in [-0.25, -0.2) is 4.99 Å². The van der Waals surface area contributed by atoms with E-state index in [0.29, 0.717) is 16.6 Å². The number of aliphatic imine (C=N–C) groups is 1. The fraction of sp³-hybridized carbons (Fsp3) is 0.111. The van der Waals surface area contributed by atoms with Gasteiger partial charge in [0.05, 0.1) is 0 Å². The third kappa shape index (κ3) is 3.10. The number of rotatable bonds is 3. The van der Waals surface area contributed by atoms with Crippen LogP contribution in [-0.4, -0.2) is 11.7 Å². The van der Waals surface area contributed by atoms with Gasteiger partial charge in [-0.2, -0.15) is 0 Å². The van der Waals surface area contributed by atoms with Crippen LogP contribution >= 0.6 is 11.6 Å². The van der Waals surface area contributed by atoms with Gasteiger partial charge in [0.1, 0.15) is 11.5 Å². The molecule has 22 heavy (non-hydrogen) atoms. The molecule has 2 aromatic carbocycles. The van der Waals surface area contributed by atoms with Gasteiger partial charge in [-0.15, -0.1) is 0 Å². The Bertz CT molecular complexity index is 776. The molecule has 0 fully saturated rings. The van der Waals surface area contributed by atoms with Crippen LogP contribution in [0.25, 0.3) is 6.08 Å². The first-order valence-electron chi connectivity index (χ1n) is 7.12. The van der Waals surface area contributed by atoms with E-state index in [0.717, 1.165) is 17.5 Å². The maximum Gasteiger partial charge on any atom is 0.275 e. The Morgan fingerprint density at radius 3 is 2.64 bits per heavy atom. The van der Waals surface area contributed by atoms with E-state index in [1.807, 2.05) is 24.3 Å². The molecule has 0 atom stereocenters. The number of amidine groups is 1. The Hall–Kier alpha value is -2.39. The summed E-state index contributed by atoms with van der Waals surface area (Å²) >= 11 is 5.97. The van der Waals surface area contributed by atoms with E-state index in [1.54, 1.807) is 18.2 Å². The van der Waals surface area contributed by atoms with Crippen LogP contribution in [0.15, 0.2) is 59.2 Å². The van der Waals surface area contributed by atoms with Crippen LogP contribution in [0.4, 0.5) is 0 Å². The second-order valence-electron chi connectivity index (χ2n) is 5.05. The fourth-order valence-corrected chi connectivity index (χ4v) is 2.44. The predicted molar refractivity (Wildman–Crippen MR) is 89.9 cm³/mol. The van der Waals surface area contributed by atoms with Gasteiger partial charge >= 0.3 is 0 Å². The molecule has 0 aliphatic carbocycles. The highest BCUT2D eigenvalue weighted by molar-refractivity contribution is 6.31. The molecular formula is C18H15ClN2O. The number of carbonyl (C=O) groups is 1. The summed E-state index contributed by atoms with van der Waals surface area (Å²) in [6, 6.07) is 15.4. The molecule has 1 amide bonds. The lowest BCUT2D eigenvalue weighted by Gasteiger charge is -2.00. The van der Waals surface area contributed by atoms with Gasteiger partial charge in [-0.3, -0.25) is 4.79 Å². The molecule has 2 aromatic rings. The predicted octanol–water partition coefficient (Wildman–Crippen LogP) is 3.82. The standard InChI is InChI=1S/C18H15ClN2O/c1-2-12-6-8-13(9-7-12)10-16-18(22)21-17(20-16)14-4-3-5-15(19)11-14/h3-11H,2H2,1H3,(H,20,21,22)/b16-10+. The van der Waals surface area contributed by atoms with Crippen LogP contribution in [0, 0.1) is 0 Å². The minimum Gasteiger partial charge on any atom is -0.305 e. The zero-order valence-corrected chi connectivity index (χ0v) is 12.9.